The molecule has 0 atom stereocenters. The van der Waals surface area contributed by atoms with Gasteiger partial charge in [0, 0.05) is 11.4 Å². The molecule has 1 aliphatic heterocycles. The first-order chi connectivity index (χ1) is 15.9. The topological polar surface area (TPSA) is 119 Å². The van der Waals surface area contributed by atoms with Crippen LogP contribution < -0.4 is 10.1 Å². The number of rotatable bonds is 6. The van der Waals surface area contributed by atoms with Crippen molar-refractivity contribution in [3.05, 3.63) is 59.9 Å². The first-order valence-corrected chi connectivity index (χ1v) is 13.0. The molecule has 174 valence electrons. The van der Waals surface area contributed by atoms with Gasteiger partial charge in [-0.2, -0.15) is 9.35 Å². The van der Waals surface area contributed by atoms with Crippen LogP contribution in [-0.4, -0.2) is 45.1 Å². The lowest BCUT2D eigenvalue weighted by Crippen LogP contribution is -2.14. The van der Waals surface area contributed by atoms with Crippen LogP contribution in [0.1, 0.15) is 24.5 Å². The van der Waals surface area contributed by atoms with Crippen LogP contribution in [0.2, 0.25) is 0 Å². The average molecular weight is 470 g/mol. The van der Waals surface area contributed by atoms with E-state index in [-0.39, 0.29) is 12.4 Å². The van der Waals surface area contributed by atoms with Gasteiger partial charge in [-0.25, -0.2) is 14.8 Å². The molecule has 0 spiro atoms. The van der Waals surface area contributed by atoms with Crippen LogP contribution in [0.15, 0.2) is 53.2 Å². The van der Waals surface area contributed by atoms with Crippen molar-refractivity contribution in [1.82, 2.24) is 15.0 Å². The molecular formula is C23H27N5O4S. The summed E-state index contributed by atoms with van der Waals surface area (Å²) in [6.07, 6.45) is 4.27. The Hall–Kier alpha value is -3.37. The third kappa shape index (κ3) is 5.91. The maximum absolute atomic E-state index is 11.6. The van der Waals surface area contributed by atoms with E-state index in [1.807, 2.05) is 36.4 Å². The standard InChI is InChI=1S/C23H27N5O4S/c1-3-31-23(29)28-33(2,30)14-16-7-4-10-18(13-16)26-22-25-15-24-21(27-22)19-11-5-8-17-9-6-12-32-20(17)19/h4-5,7-8,10-11,13,15,33H,3,6,9,12,14H2,1-2H3,(H,28,29,30)(H,24,25,26,27). The highest BCUT2D eigenvalue weighted by atomic mass is 32.3. The molecule has 2 heterocycles. The number of nitrogens with one attached hydrogen (secondary N) is 1. The lowest BCUT2D eigenvalue weighted by molar-refractivity contribution is 0.164. The minimum Gasteiger partial charge on any atom is -0.493 e. The zero-order chi connectivity index (χ0) is 23.3. The van der Waals surface area contributed by atoms with Gasteiger partial charge in [-0.15, -0.1) is 0 Å². The third-order valence-electron chi connectivity index (χ3n) is 4.98. The molecule has 0 bridgehead atoms. The van der Waals surface area contributed by atoms with Crippen molar-refractivity contribution in [3.63, 3.8) is 0 Å². The van der Waals surface area contributed by atoms with Crippen LogP contribution in [0, 0.1) is 0 Å². The van der Waals surface area contributed by atoms with Gasteiger partial charge < -0.3 is 19.3 Å². The van der Waals surface area contributed by atoms with Gasteiger partial charge in [0.25, 0.3) is 0 Å². The Bertz CT molecular complexity index is 1210. The van der Waals surface area contributed by atoms with Crippen LogP contribution in [0.25, 0.3) is 11.4 Å². The Morgan fingerprint density at radius 3 is 2.97 bits per heavy atom. The molecule has 0 fully saturated rings. The van der Waals surface area contributed by atoms with Gasteiger partial charge in [-0.05, 0) is 55.3 Å². The van der Waals surface area contributed by atoms with Crippen molar-refractivity contribution in [2.45, 2.75) is 25.5 Å². The van der Waals surface area contributed by atoms with Gasteiger partial charge in [0.2, 0.25) is 5.95 Å². The molecule has 10 heteroatoms. The molecule has 0 saturated carbocycles. The number of amides is 1. The number of ether oxygens (including phenoxy) is 2. The summed E-state index contributed by atoms with van der Waals surface area (Å²) in [5.74, 6) is 2.00. The Morgan fingerprint density at radius 2 is 2.12 bits per heavy atom. The second-order valence-electron chi connectivity index (χ2n) is 7.75. The van der Waals surface area contributed by atoms with E-state index in [4.69, 9.17) is 9.47 Å². The van der Waals surface area contributed by atoms with Crippen molar-refractivity contribution in [2.75, 3.05) is 24.8 Å². The van der Waals surface area contributed by atoms with E-state index in [1.54, 1.807) is 13.2 Å². The number of benzene rings is 2. The number of para-hydroxylation sites is 1. The molecule has 1 amide bonds. The number of aromatic nitrogens is 3. The largest absolute Gasteiger partial charge is 0.493 e. The van der Waals surface area contributed by atoms with Gasteiger partial charge in [-0.1, -0.05) is 34.4 Å². The second kappa shape index (κ2) is 10.1. The first-order valence-electron chi connectivity index (χ1n) is 10.7. The van der Waals surface area contributed by atoms with Crippen molar-refractivity contribution >= 4 is 27.8 Å². The van der Waals surface area contributed by atoms with Crippen LogP contribution in [0.4, 0.5) is 16.4 Å². The second-order valence-corrected chi connectivity index (χ2v) is 10.4. The van der Waals surface area contributed by atoms with E-state index in [1.165, 1.54) is 6.33 Å². The molecule has 1 aromatic heterocycles. The van der Waals surface area contributed by atoms with E-state index in [9.17, 15) is 9.35 Å². The van der Waals surface area contributed by atoms with Crippen LogP contribution >= 0.6 is 0 Å². The number of hydrogen-bond donors (Lipinski definition) is 3. The Balaban J connectivity index is 1.54. The summed E-state index contributed by atoms with van der Waals surface area (Å²) >= 11 is 0. The lowest BCUT2D eigenvalue weighted by Gasteiger charge is -2.19. The van der Waals surface area contributed by atoms with Gasteiger partial charge in [0.1, 0.15) is 12.1 Å². The Kier molecular flexibility index (Phi) is 6.95. The summed E-state index contributed by atoms with van der Waals surface area (Å²) in [6.45, 7) is 2.59. The summed E-state index contributed by atoms with van der Waals surface area (Å²) in [4.78, 5) is 24.8. The van der Waals surface area contributed by atoms with Gasteiger partial charge in [0.15, 0.2) is 5.82 Å². The Labute approximate surface area is 193 Å². The van der Waals surface area contributed by atoms with Gasteiger partial charge in [-0.3, -0.25) is 0 Å². The number of thiol groups is 1. The smallest absolute Gasteiger partial charge is 0.439 e. The number of aryl methyl sites for hydroxylation is 1. The minimum atomic E-state index is -2.84. The van der Waals surface area contributed by atoms with Crippen molar-refractivity contribution in [1.29, 1.82) is 0 Å². The highest BCUT2D eigenvalue weighted by Crippen LogP contribution is 2.34. The number of carbonyl (C=O) groups is 1. The van der Waals surface area contributed by atoms with Crippen molar-refractivity contribution < 1.29 is 18.8 Å². The first kappa shape index (κ1) is 22.8. The minimum absolute atomic E-state index is 0.216. The number of fused-ring (bicyclic) bond motifs is 1. The molecular weight excluding hydrogens is 442 g/mol. The fraction of sp³-hybridized carbons (Fsp3) is 0.304. The lowest BCUT2D eigenvalue weighted by atomic mass is 10.0. The summed E-state index contributed by atoms with van der Waals surface area (Å²) in [6, 6.07) is 13.5. The maximum atomic E-state index is 11.6. The van der Waals surface area contributed by atoms with E-state index in [0.29, 0.717) is 18.4 Å². The Morgan fingerprint density at radius 1 is 1.27 bits per heavy atom. The predicted octanol–water partition coefficient (Wildman–Crippen LogP) is 4.44. The monoisotopic (exact) mass is 469 g/mol. The zero-order valence-corrected chi connectivity index (χ0v) is 19.5. The number of carbonyl (C=O) groups excluding carboxylic acids is 1. The van der Waals surface area contributed by atoms with E-state index in [0.717, 1.165) is 41.0 Å². The summed E-state index contributed by atoms with van der Waals surface area (Å²) in [7, 11) is -2.84. The number of anilines is 2. The molecule has 0 aliphatic carbocycles. The highest BCUT2D eigenvalue weighted by Gasteiger charge is 2.17. The predicted molar refractivity (Wildman–Crippen MR) is 129 cm³/mol. The summed E-state index contributed by atoms with van der Waals surface area (Å²) in [5.41, 5.74) is 3.57. The molecule has 2 aromatic carbocycles. The van der Waals surface area contributed by atoms with E-state index < -0.39 is 16.2 Å². The quantitative estimate of drug-likeness (QED) is 0.454. The van der Waals surface area contributed by atoms with Crippen LogP contribution in [-0.2, 0) is 27.0 Å². The summed E-state index contributed by atoms with van der Waals surface area (Å²) in [5, 5.41) is 3.19. The third-order valence-corrected chi connectivity index (χ3v) is 6.53. The fourth-order valence-corrected chi connectivity index (χ4v) is 5.01. The van der Waals surface area contributed by atoms with Crippen molar-refractivity contribution in [2.24, 2.45) is 4.36 Å². The molecule has 1 aliphatic rings. The molecule has 9 nitrogen and oxygen atoms in total. The van der Waals surface area contributed by atoms with Crippen molar-refractivity contribution in [3.8, 4) is 17.1 Å². The zero-order valence-electron chi connectivity index (χ0n) is 18.6. The van der Waals surface area contributed by atoms with Gasteiger partial charge >= 0.3 is 6.09 Å². The molecule has 2 N–H and O–H groups in total. The highest BCUT2D eigenvalue weighted by molar-refractivity contribution is 7.98. The molecule has 4 rings (SSSR count). The summed E-state index contributed by atoms with van der Waals surface area (Å²) < 4.78 is 25.1. The SMILES string of the molecule is CCOC(=O)N=[SH](C)(O)Cc1cccc(Nc2ncnc(-c3cccc4c3OCCC4)n2)c1. The van der Waals surface area contributed by atoms with E-state index >= 15 is 0 Å². The molecule has 0 unspecified atom stereocenters. The van der Waals surface area contributed by atoms with Crippen LogP contribution in [0.5, 0.6) is 5.75 Å². The normalized spacial score (nSPS) is 13.4. The van der Waals surface area contributed by atoms with Gasteiger partial charge in [0.05, 0.1) is 18.8 Å². The van der Waals surface area contributed by atoms with Crippen LogP contribution in [0.3, 0.4) is 0 Å². The fourth-order valence-electron chi connectivity index (χ4n) is 3.64. The number of nitrogens with zero attached hydrogens (tertiary/aromatic N) is 4. The number of hydrogen-bond acceptors (Lipinski definition) is 7. The van der Waals surface area contributed by atoms with E-state index in [2.05, 4.69) is 30.7 Å². The average Bonchev–Trinajstić information content (AvgIpc) is 2.78. The molecule has 3 aromatic rings. The molecule has 0 radical (unpaired) electrons. The molecule has 33 heavy (non-hydrogen) atoms. The molecule has 0 saturated heterocycles. The maximum Gasteiger partial charge on any atom is 0.439 e.